The minimum atomic E-state index is -0.664. The number of rotatable bonds is 7. The Labute approximate surface area is 166 Å². The molecule has 0 radical (unpaired) electrons. The Morgan fingerprint density at radius 2 is 1.86 bits per heavy atom. The molecule has 0 spiro atoms. The van der Waals surface area contributed by atoms with Crippen molar-refractivity contribution in [3.63, 3.8) is 0 Å². The second kappa shape index (κ2) is 9.51. The molecule has 3 rings (SSSR count). The fraction of sp³-hybridized carbons (Fsp3) is 0.391. The first-order valence-corrected chi connectivity index (χ1v) is 9.79. The molecule has 2 aromatic rings. The van der Waals surface area contributed by atoms with Gasteiger partial charge in [-0.2, -0.15) is 0 Å². The standard InChI is InChI=1S/C23H28N2O3/c1-17(26)25(21-14-8-12-19-11-6-7-13-20(19)21)22(16-28-2)23(27)24-15-18-9-4-3-5-10-18/h3-7,9-11,13,21-22H,8,12,14-16H2,1-2H3,(H,24,27)/t21?,22-/m1/s1. The zero-order chi connectivity index (χ0) is 19.9. The molecule has 1 aliphatic carbocycles. The van der Waals surface area contributed by atoms with Gasteiger partial charge < -0.3 is 15.0 Å². The number of carbonyl (C=O) groups excluding carboxylic acids is 2. The van der Waals surface area contributed by atoms with E-state index in [1.54, 1.807) is 12.0 Å². The molecule has 0 fully saturated rings. The number of nitrogens with zero attached hydrogens (tertiary/aromatic N) is 1. The van der Waals surface area contributed by atoms with Gasteiger partial charge in [0.25, 0.3) is 0 Å². The number of ether oxygens (including phenoxy) is 1. The van der Waals surface area contributed by atoms with E-state index in [0.29, 0.717) is 6.54 Å². The smallest absolute Gasteiger partial charge is 0.245 e. The van der Waals surface area contributed by atoms with Crippen LogP contribution >= 0.6 is 0 Å². The average Bonchev–Trinajstić information content (AvgIpc) is 2.72. The van der Waals surface area contributed by atoms with Crippen LogP contribution in [0, 0.1) is 0 Å². The lowest BCUT2D eigenvalue weighted by molar-refractivity contribution is -0.144. The van der Waals surface area contributed by atoms with Crippen LogP contribution in [0.3, 0.4) is 0 Å². The molecule has 0 bridgehead atoms. The van der Waals surface area contributed by atoms with Crippen molar-refractivity contribution in [1.82, 2.24) is 10.2 Å². The molecule has 5 heteroatoms. The number of hydrogen-bond donors (Lipinski definition) is 1. The summed E-state index contributed by atoms with van der Waals surface area (Å²) < 4.78 is 5.33. The number of carbonyl (C=O) groups is 2. The van der Waals surface area contributed by atoms with Gasteiger partial charge in [0.05, 0.1) is 12.6 Å². The quantitative estimate of drug-likeness (QED) is 0.802. The maximum Gasteiger partial charge on any atom is 0.245 e. The van der Waals surface area contributed by atoms with Crippen LogP contribution in [0.5, 0.6) is 0 Å². The lowest BCUT2D eigenvalue weighted by Crippen LogP contribution is -2.53. The molecule has 28 heavy (non-hydrogen) atoms. The molecule has 2 amide bonds. The summed E-state index contributed by atoms with van der Waals surface area (Å²) in [6.45, 7) is 2.12. The van der Waals surface area contributed by atoms with E-state index in [2.05, 4.69) is 17.4 Å². The zero-order valence-electron chi connectivity index (χ0n) is 16.6. The van der Waals surface area contributed by atoms with Gasteiger partial charge in [0.2, 0.25) is 11.8 Å². The number of nitrogens with one attached hydrogen (secondary N) is 1. The largest absolute Gasteiger partial charge is 0.382 e. The van der Waals surface area contributed by atoms with Crippen LogP contribution in [0.1, 0.15) is 42.5 Å². The van der Waals surface area contributed by atoms with Crippen molar-refractivity contribution in [2.75, 3.05) is 13.7 Å². The Bertz CT molecular complexity index is 807. The molecule has 1 unspecified atom stereocenters. The van der Waals surface area contributed by atoms with Crippen molar-refractivity contribution < 1.29 is 14.3 Å². The first-order valence-electron chi connectivity index (χ1n) is 9.79. The second-order valence-corrected chi connectivity index (χ2v) is 7.21. The summed E-state index contributed by atoms with van der Waals surface area (Å²) >= 11 is 0. The number of benzene rings is 2. The molecular formula is C23H28N2O3. The van der Waals surface area contributed by atoms with Crippen LogP contribution in [-0.2, 0) is 27.3 Å². The first-order chi connectivity index (χ1) is 13.6. The SMILES string of the molecule is COC[C@H](C(=O)NCc1ccccc1)N(C(C)=O)C1CCCc2ccccc21. The molecule has 0 saturated carbocycles. The minimum Gasteiger partial charge on any atom is -0.382 e. The van der Waals surface area contributed by atoms with E-state index in [0.717, 1.165) is 30.4 Å². The molecule has 2 atom stereocenters. The summed E-state index contributed by atoms with van der Waals surface area (Å²) in [5.74, 6) is -0.303. The Hall–Kier alpha value is -2.66. The summed E-state index contributed by atoms with van der Waals surface area (Å²) in [7, 11) is 1.56. The van der Waals surface area contributed by atoms with Crippen molar-refractivity contribution in [1.29, 1.82) is 0 Å². The fourth-order valence-corrected chi connectivity index (χ4v) is 4.02. The highest BCUT2D eigenvalue weighted by Gasteiger charge is 2.36. The Balaban J connectivity index is 1.83. The lowest BCUT2D eigenvalue weighted by Gasteiger charge is -2.39. The van der Waals surface area contributed by atoms with Gasteiger partial charge in [-0.3, -0.25) is 9.59 Å². The van der Waals surface area contributed by atoms with Crippen molar-refractivity contribution >= 4 is 11.8 Å². The van der Waals surface area contributed by atoms with Crippen LogP contribution in [0.25, 0.3) is 0 Å². The highest BCUT2D eigenvalue weighted by atomic mass is 16.5. The van der Waals surface area contributed by atoms with E-state index >= 15 is 0 Å². The summed E-state index contributed by atoms with van der Waals surface area (Å²) in [6.07, 6.45) is 2.85. The molecule has 1 aliphatic rings. The predicted octanol–water partition coefficient (Wildman–Crippen LogP) is 3.24. The molecule has 0 heterocycles. The van der Waals surface area contributed by atoms with Gasteiger partial charge >= 0.3 is 0 Å². The average molecular weight is 380 g/mol. The highest BCUT2D eigenvalue weighted by Crippen LogP contribution is 2.35. The van der Waals surface area contributed by atoms with Gasteiger partial charge in [-0.15, -0.1) is 0 Å². The molecule has 0 aromatic heterocycles. The lowest BCUT2D eigenvalue weighted by atomic mass is 9.86. The van der Waals surface area contributed by atoms with E-state index in [4.69, 9.17) is 4.74 Å². The van der Waals surface area contributed by atoms with E-state index in [1.165, 1.54) is 12.5 Å². The van der Waals surface area contributed by atoms with Crippen molar-refractivity contribution in [3.05, 3.63) is 71.3 Å². The summed E-state index contributed by atoms with van der Waals surface area (Å²) in [6, 6.07) is 17.2. The van der Waals surface area contributed by atoms with E-state index < -0.39 is 6.04 Å². The molecule has 0 aliphatic heterocycles. The van der Waals surface area contributed by atoms with Gasteiger partial charge in [-0.1, -0.05) is 54.6 Å². The van der Waals surface area contributed by atoms with E-state index in [1.807, 2.05) is 42.5 Å². The predicted molar refractivity (Wildman–Crippen MR) is 109 cm³/mol. The summed E-state index contributed by atoms with van der Waals surface area (Å²) in [5.41, 5.74) is 3.41. The van der Waals surface area contributed by atoms with Crippen LogP contribution in [0.4, 0.5) is 0 Å². The Morgan fingerprint density at radius 3 is 2.57 bits per heavy atom. The topological polar surface area (TPSA) is 58.6 Å². The van der Waals surface area contributed by atoms with Crippen molar-refractivity contribution in [2.24, 2.45) is 0 Å². The molecule has 0 saturated heterocycles. The molecule has 1 N–H and O–H groups in total. The van der Waals surface area contributed by atoms with E-state index in [-0.39, 0.29) is 24.5 Å². The zero-order valence-corrected chi connectivity index (χ0v) is 16.6. The summed E-state index contributed by atoms with van der Waals surface area (Å²) in [5, 5.41) is 2.97. The highest BCUT2D eigenvalue weighted by molar-refractivity contribution is 5.87. The van der Waals surface area contributed by atoms with Crippen molar-refractivity contribution in [2.45, 2.75) is 44.8 Å². The number of aryl methyl sites for hydroxylation is 1. The van der Waals surface area contributed by atoms with Gasteiger partial charge in [0, 0.05) is 20.6 Å². The third-order valence-corrected chi connectivity index (χ3v) is 5.31. The Kier molecular flexibility index (Phi) is 6.82. The number of amides is 2. The maximum atomic E-state index is 13.0. The third-order valence-electron chi connectivity index (χ3n) is 5.31. The van der Waals surface area contributed by atoms with Crippen molar-refractivity contribution in [3.8, 4) is 0 Å². The fourth-order valence-electron chi connectivity index (χ4n) is 4.02. The summed E-state index contributed by atoms with van der Waals surface area (Å²) in [4.78, 5) is 27.4. The van der Waals surface area contributed by atoms with Crippen LogP contribution in [-0.4, -0.2) is 36.5 Å². The van der Waals surface area contributed by atoms with Gasteiger partial charge in [-0.05, 0) is 36.0 Å². The number of hydrogen-bond acceptors (Lipinski definition) is 3. The normalized spacial score (nSPS) is 16.7. The molecular weight excluding hydrogens is 352 g/mol. The molecule has 148 valence electrons. The monoisotopic (exact) mass is 380 g/mol. The molecule has 5 nitrogen and oxygen atoms in total. The maximum absolute atomic E-state index is 13.0. The van der Waals surface area contributed by atoms with Crippen LogP contribution in [0.15, 0.2) is 54.6 Å². The number of fused-ring (bicyclic) bond motifs is 1. The first kappa shape index (κ1) is 20.1. The van der Waals surface area contributed by atoms with Crippen LogP contribution in [0.2, 0.25) is 0 Å². The minimum absolute atomic E-state index is 0.106. The van der Waals surface area contributed by atoms with Gasteiger partial charge in [-0.25, -0.2) is 0 Å². The van der Waals surface area contributed by atoms with Gasteiger partial charge in [0.15, 0.2) is 0 Å². The Morgan fingerprint density at radius 1 is 1.14 bits per heavy atom. The third kappa shape index (κ3) is 4.60. The number of methoxy groups -OCH3 is 1. The molecule has 2 aromatic carbocycles. The second-order valence-electron chi connectivity index (χ2n) is 7.21. The van der Waals surface area contributed by atoms with Crippen LogP contribution < -0.4 is 5.32 Å². The van der Waals surface area contributed by atoms with Gasteiger partial charge in [0.1, 0.15) is 6.04 Å². The van der Waals surface area contributed by atoms with E-state index in [9.17, 15) is 9.59 Å².